The molecule has 0 radical (unpaired) electrons. The molecule has 2 aliphatic rings. The van der Waals surface area contributed by atoms with Gasteiger partial charge in [-0.2, -0.15) is 0 Å². The molecule has 1 aromatic heterocycles. The molecule has 1 aliphatic heterocycles. The molecular weight excluding hydrogens is 320 g/mol. The normalized spacial score (nSPS) is 26.2. The van der Waals surface area contributed by atoms with Crippen LogP contribution in [-0.4, -0.2) is 34.2 Å². The highest BCUT2D eigenvalue weighted by Crippen LogP contribution is 2.33. The maximum Gasteiger partial charge on any atom is 0.272 e. The highest BCUT2D eigenvalue weighted by atomic mass is 79.9. The molecule has 1 saturated heterocycles. The van der Waals surface area contributed by atoms with Crippen LogP contribution in [0.15, 0.2) is 22.8 Å². The molecule has 0 aromatic carbocycles. The van der Waals surface area contributed by atoms with E-state index in [-0.39, 0.29) is 17.9 Å². The SMILES string of the molecule is O=C1CCCC1C1CCCN1C(=O)c1ccc(Br)cn1. The Morgan fingerprint density at radius 2 is 2.15 bits per heavy atom. The van der Waals surface area contributed by atoms with E-state index in [0.29, 0.717) is 17.9 Å². The van der Waals surface area contributed by atoms with Gasteiger partial charge in [0.05, 0.1) is 0 Å². The van der Waals surface area contributed by atoms with Gasteiger partial charge in [0.25, 0.3) is 5.91 Å². The zero-order valence-electron chi connectivity index (χ0n) is 11.2. The van der Waals surface area contributed by atoms with Crippen molar-refractivity contribution in [2.45, 2.75) is 38.1 Å². The number of nitrogens with zero attached hydrogens (tertiary/aromatic N) is 2. The molecule has 20 heavy (non-hydrogen) atoms. The minimum absolute atomic E-state index is 0.0419. The second kappa shape index (κ2) is 5.64. The van der Waals surface area contributed by atoms with Crippen LogP contribution in [0, 0.1) is 5.92 Å². The predicted octanol–water partition coefficient (Wildman–Crippen LogP) is 2.82. The third-order valence-corrected chi connectivity index (χ3v) is 4.79. The fourth-order valence-electron chi connectivity index (χ4n) is 3.36. The molecule has 0 spiro atoms. The first kappa shape index (κ1) is 13.7. The summed E-state index contributed by atoms with van der Waals surface area (Å²) >= 11 is 3.32. The number of pyridine rings is 1. The first-order valence-electron chi connectivity index (χ1n) is 7.12. The number of halogens is 1. The highest BCUT2D eigenvalue weighted by Gasteiger charge is 2.40. The van der Waals surface area contributed by atoms with Crippen molar-refractivity contribution in [2.24, 2.45) is 5.92 Å². The van der Waals surface area contributed by atoms with Gasteiger partial charge in [-0.15, -0.1) is 0 Å². The van der Waals surface area contributed by atoms with Crippen molar-refractivity contribution in [3.8, 4) is 0 Å². The van der Waals surface area contributed by atoms with Gasteiger partial charge in [0, 0.05) is 35.6 Å². The van der Waals surface area contributed by atoms with E-state index >= 15 is 0 Å². The number of Topliss-reactive ketones (excluding diaryl/α,β-unsaturated/α-hetero) is 1. The molecule has 1 saturated carbocycles. The molecule has 1 aromatic rings. The number of carbonyl (C=O) groups excluding carboxylic acids is 2. The Bertz CT molecular complexity index is 529. The Labute approximate surface area is 126 Å². The second-order valence-electron chi connectivity index (χ2n) is 5.53. The Morgan fingerprint density at radius 3 is 2.80 bits per heavy atom. The third-order valence-electron chi connectivity index (χ3n) is 4.32. The number of carbonyl (C=O) groups is 2. The standard InChI is InChI=1S/C15H17BrN2O2/c16-10-6-7-12(17-9-10)15(20)18-8-2-4-13(18)11-3-1-5-14(11)19/h6-7,9,11,13H,1-5,8H2. The largest absolute Gasteiger partial charge is 0.334 e. The van der Waals surface area contributed by atoms with Gasteiger partial charge in [-0.1, -0.05) is 0 Å². The van der Waals surface area contributed by atoms with E-state index in [2.05, 4.69) is 20.9 Å². The van der Waals surface area contributed by atoms with Gasteiger partial charge in [0.1, 0.15) is 11.5 Å². The molecule has 2 heterocycles. The fraction of sp³-hybridized carbons (Fsp3) is 0.533. The lowest BCUT2D eigenvalue weighted by Crippen LogP contribution is -2.41. The van der Waals surface area contributed by atoms with Crippen molar-refractivity contribution in [3.63, 3.8) is 0 Å². The van der Waals surface area contributed by atoms with Gasteiger partial charge in [-0.25, -0.2) is 4.98 Å². The molecule has 4 nitrogen and oxygen atoms in total. The summed E-state index contributed by atoms with van der Waals surface area (Å²) in [5, 5.41) is 0. The first-order chi connectivity index (χ1) is 9.66. The van der Waals surface area contributed by atoms with E-state index in [0.717, 1.165) is 36.7 Å². The van der Waals surface area contributed by atoms with Crippen LogP contribution in [0.2, 0.25) is 0 Å². The molecule has 3 rings (SSSR count). The summed E-state index contributed by atoms with van der Waals surface area (Å²) in [4.78, 5) is 30.6. The average molecular weight is 337 g/mol. The summed E-state index contributed by atoms with van der Waals surface area (Å²) in [6.45, 7) is 0.741. The number of ketones is 1. The van der Waals surface area contributed by atoms with Gasteiger partial charge >= 0.3 is 0 Å². The Morgan fingerprint density at radius 1 is 1.30 bits per heavy atom. The molecule has 1 aliphatic carbocycles. The molecule has 1 amide bonds. The maximum atomic E-state index is 12.6. The topological polar surface area (TPSA) is 50.3 Å². The van der Waals surface area contributed by atoms with Crippen LogP contribution in [0.1, 0.15) is 42.6 Å². The second-order valence-corrected chi connectivity index (χ2v) is 6.45. The number of hydrogen-bond acceptors (Lipinski definition) is 3. The van der Waals surface area contributed by atoms with Crippen molar-refractivity contribution in [1.29, 1.82) is 0 Å². The van der Waals surface area contributed by atoms with Gasteiger partial charge < -0.3 is 4.90 Å². The van der Waals surface area contributed by atoms with E-state index in [4.69, 9.17) is 0 Å². The lowest BCUT2D eigenvalue weighted by Gasteiger charge is -2.28. The number of rotatable bonds is 2. The van der Waals surface area contributed by atoms with E-state index in [1.807, 2.05) is 11.0 Å². The summed E-state index contributed by atoms with van der Waals surface area (Å²) in [5.74, 6) is 0.343. The van der Waals surface area contributed by atoms with Gasteiger partial charge in [-0.05, 0) is 53.7 Å². The predicted molar refractivity (Wildman–Crippen MR) is 78.3 cm³/mol. The number of hydrogen-bond donors (Lipinski definition) is 0. The van der Waals surface area contributed by atoms with Crippen LogP contribution in [0.4, 0.5) is 0 Å². The summed E-state index contributed by atoms with van der Waals surface area (Å²) in [6, 6.07) is 3.65. The minimum atomic E-state index is -0.0419. The fourth-order valence-corrected chi connectivity index (χ4v) is 3.60. The molecule has 0 N–H and O–H groups in total. The van der Waals surface area contributed by atoms with Crippen molar-refractivity contribution in [2.75, 3.05) is 6.54 Å². The smallest absolute Gasteiger partial charge is 0.272 e. The zero-order chi connectivity index (χ0) is 14.1. The first-order valence-corrected chi connectivity index (χ1v) is 7.91. The van der Waals surface area contributed by atoms with Gasteiger partial charge in [0.2, 0.25) is 0 Å². The van der Waals surface area contributed by atoms with E-state index in [1.165, 1.54) is 0 Å². The van der Waals surface area contributed by atoms with Crippen LogP contribution < -0.4 is 0 Å². The number of aromatic nitrogens is 1. The lowest BCUT2D eigenvalue weighted by atomic mass is 9.95. The van der Waals surface area contributed by atoms with Crippen LogP contribution in [0.5, 0.6) is 0 Å². The molecule has 106 valence electrons. The van der Waals surface area contributed by atoms with Gasteiger partial charge in [0.15, 0.2) is 0 Å². The monoisotopic (exact) mass is 336 g/mol. The summed E-state index contributed by atoms with van der Waals surface area (Å²) < 4.78 is 0.859. The van der Waals surface area contributed by atoms with Crippen molar-refractivity contribution >= 4 is 27.6 Å². The van der Waals surface area contributed by atoms with E-state index in [1.54, 1.807) is 12.3 Å². The zero-order valence-corrected chi connectivity index (χ0v) is 12.8. The summed E-state index contributed by atoms with van der Waals surface area (Å²) in [6.07, 6.45) is 6.15. The van der Waals surface area contributed by atoms with Crippen molar-refractivity contribution < 1.29 is 9.59 Å². The van der Waals surface area contributed by atoms with E-state index < -0.39 is 0 Å². The van der Waals surface area contributed by atoms with Crippen molar-refractivity contribution in [1.82, 2.24) is 9.88 Å². The minimum Gasteiger partial charge on any atom is -0.334 e. The summed E-state index contributed by atoms with van der Waals surface area (Å²) in [7, 11) is 0. The Kier molecular flexibility index (Phi) is 3.87. The van der Waals surface area contributed by atoms with Crippen LogP contribution >= 0.6 is 15.9 Å². The van der Waals surface area contributed by atoms with Crippen molar-refractivity contribution in [3.05, 3.63) is 28.5 Å². The van der Waals surface area contributed by atoms with Crippen LogP contribution in [0.25, 0.3) is 0 Å². The Hall–Kier alpha value is -1.23. The van der Waals surface area contributed by atoms with Crippen LogP contribution in [0.3, 0.4) is 0 Å². The number of amides is 1. The summed E-state index contributed by atoms with van der Waals surface area (Å²) in [5.41, 5.74) is 0.463. The highest BCUT2D eigenvalue weighted by molar-refractivity contribution is 9.10. The molecule has 2 atom stereocenters. The van der Waals surface area contributed by atoms with Gasteiger partial charge in [-0.3, -0.25) is 9.59 Å². The average Bonchev–Trinajstić information content (AvgIpc) is 3.07. The molecule has 2 fully saturated rings. The molecule has 5 heteroatoms. The maximum absolute atomic E-state index is 12.6. The molecule has 0 bridgehead atoms. The lowest BCUT2D eigenvalue weighted by molar-refractivity contribution is -0.121. The molecular formula is C15H17BrN2O2. The molecule has 2 unspecified atom stereocenters. The van der Waals surface area contributed by atoms with E-state index in [9.17, 15) is 9.59 Å². The third kappa shape index (κ3) is 2.51. The van der Waals surface area contributed by atoms with Crippen LogP contribution in [-0.2, 0) is 4.79 Å². The Balaban J connectivity index is 1.79. The quantitative estimate of drug-likeness (QED) is 0.834. The number of likely N-dealkylation sites (tertiary alicyclic amines) is 1.